The molecule has 21 heavy (non-hydrogen) atoms. The molecular weight excluding hydrogens is 303 g/mol. The zero-order valence-corrected chi connectivity index (χ0v) is 12.8. The van der Waals surface area contributed by atoms with Gasteiger partial charge in [0.25, 0.3) is 0 Å². The van der Waals surface area contributed by atoms with Crippen molar-refractivity contribution in [2.45, 2.75) is 45.3 Å². The third kappa shape index (κ3) is 3.16. The molecule has 1 atom stereocenters. The Bertz CT molecular complexity index is 660. The van der Waals surface area contributed by atoms with Crippen LogP contribution >= 0.6 is 11.6 Å². The molecule has 0 saturated heterocycles. The standard InChI is InChI=1S/C14H17ClF3N3/c1-7(2)12-11(4-8(3)19)21-6-9(14(16,17)18)5-10(15)13(21)20-12/h5-8H,4,19H2,1-3H3. The van der Waals surface area contributed by atoms with Gasteiger partial charge in [0.15, 0.2) is 5.65 Å². The molecule has 3 nitrogen and oxygen atoms in total. The van der Waals surface area contributed by atoms with Crippen LogP contribution in [-0.2, 0) is 12.6 Å². The normalized spacial score (nSPS) is 14.1. The van der Waals surface area contributed by atoms with Crippen molar-refractivity contribution in [1.29, 1.82) is 0 Å². The molecule has 2 aromatic heterocycles. The lowest BCUT2D eigenvalue weighted by molar-refractivity contribution is -0.137. The van der Waals surface area contributed by atoms with Crippen molar-refractivity contribution in [2.75, 3.05) is 0 Å². The van der Waals surface area contributed by atoms with Crippen LogP contribution in [0.15, 0.2) is 12.3 Å². The fraction of sp³-hybridized carbons (Fsp3) is 0.500. The van der Waals surface area contributed by atoms with Crippen molar-refractivity contribution in [2.24, 2.45) is 5.73 Å². The highest BCUT2D eigenvalue weighted by molar-refractivity contribution is 6.33. The second kappa shape index (κ2) is 5.50. The van der Waals surface area contributed by atoms with Crippen LogP contribution < -0.4 is 5.73 Å². The largest absolute Gasteiger partial charge is 0.417 e. The molecule has 0 aliphatic heterocycles. The van der Waals surface area contributed by atoms with E-state index in [1.807, 2.05) is 13.8 Å². The molecular formula is C14H17ClF3N3. The number of halogens is 4. The second-order valence-electron chi connectivity index (χ2n) is 5.55. The van der Waals surface area contributed by atoms with Gasteiger partial charge in [-0.2, -0.15) is 13.2 Å². The van der Waals surface area contributed by atoms with Gasteiger partial charge in [0.1, 0.15) is 0 Å². The molecule has 2 rings (SSSR count). The molecule has 0 fully saturated rings. The third-order valence-corrected chi connectivity index (χ3v) is 3.47. The van der Waals surface area contributed by atoms with E-state index in [-0.39, 0.29) is 17.0 Å². The first-order valence-electron chi connectivity index (χ1n) is 6.64. The van der Waals surface area contributed by atoms with E-state index in [0.717, 1.165) is 18.0 Å². The Labute approximate surface area is 125 Å². The first-order chi connectivity index (χ1) is 9.61. The summed E-state index contributed by atoms with van der Waals surface area (Å²) in [7, 11) is 0. The highest BCUT2D eigenvalue weighted by Gasteiger charge is 2.32. The fourth-order valence-electron chi connectivity index (χ4n) is 2.29. The van der Waals surface area contributed by atoms with Crippen LogP contribution in [0.4, 0.5) is 13.2 Å². The number of hydrogen-bond acceptors (Lipinski definition) is 2. The molecule has 0 spiro atoms. The molecule has 116 valence electrons. The number of alkyl halides is 3. The van der Waals surface area contributed by atoms with Crippen molar-refractivity contribution in [3.8, 4) is 0 Å². The molecule has 2 heterocycles. The molecule has 0 saturated carbocycles. The van der Waals surface area contributed by atoms with Gasteiger partial charge in [0.2, 0.25) is 0 Å². The lowest BCUT2D eigenvalue weighted by Crippen LogP contribution is -2.20. The van der Waals surface area contributed by atoms with Gasteiger partial charge in [-0.15, -0.1) is 0 Å². The zero-order chi connectivity index (χ0) is 15.9. The Balaban J connectivity index is 2.76. The van der Waals surface area contributed by atoms with Gasteiger partial charge in [0, 0.05) is 24.4 Å². The van der Waals surface area contributed by atoms with E-state index in [4.69, 9.17) is 17.3 Å². The van der Waals surface area contributed by atoms with E-state index in [1.54, 1.807) is 6.92 Å². The Morgan fingerprint density at radius 1 is 1.33 bits per heavy atom. The molecule has 0 radical (unpaired) electrons. The minimum atomic E-state index is -4.45. The van der Waals surface area contributed by atoms with Crippen LogP contribution in [0, 0.1) is 0 Å². The third-order valence-electron chi connectivity index (χ3n) is 3.19. The number of nitrogens with two attached hydrogens (primary N) is 1. The quantitative estimate of drug-likeness (QED) is 0.928. The van der Waals surface area contributed by atoms with Crippen LogP contribution in [0.5, 0.6) is 0 Å². The molecule has 2 N–H and O–H groups in total. The summed E-state index contributed by atoms with van der Waals surface area (Å²) in [4.78, 5) is 4.40. The van der Waals surface area contributed by atoms with Gasteiger partial charge >= 0.3 is 6.18 Å². The summed E-state index contributed by atoms with van der Waals surface area (Å²) in [5, 5.41) is -0.0114. The van der Waals surface area contributed by atoms with Crippen molar-refractivity contribution >= 4 is 17.2 Å². The maximum atomic E-state index is 12.9. The summed E-state index contributed by atoms with van der Waals surface area (Å²) in [5.74, 6) is 0.0732. The summed E-state index contributed by atoms with van der Waals surface area (Å²) >= 11 is 5.98. The number of imidazole rings is 1. The van der Waals surface area contributed by atoms with Crippen LogP contribution in [0.1, 0.15) is 43.6 Å². The first kappa shape index (κ1) is 16.1. The lowest BCUT2D eigenvalue weighted by Gasteiger charge is -2.12. The molecule has 0 bridgehead atoms. The summed E-state index contributed by atoms with van der Waals surface area (Å²) < 4.78 is 40.2. The zero-order valence-electron chi connectivity index (χ0n) is 12.0. The van der Waals surface area contributed by atoms with Gasteiger partial charge in [-0.25, -0.2) is 4.98 Å². The van der Waals surface area contributed by atoms with E-state index in [2.05, 4.69) is 4.98 Å². The summed E-state index contributed by atoms with van der Waals surface area (Å²) in [6.07, 6.45) is -2.98. The predicted molar refractivity (Wildman–Crippen MR) is 76.6 cm³/mol. The monoisotopic (exact) mass is 319 g/mol. The highest BCUT2D eigenvalue weighted by Crippen LogP contribution is 2.34. The van der Waals surface area contributed by atoms with Gasteiger partial charge in [-0.1, -0.05) is 25.4 Å². The summed E-state index contributed by atoms with van der Waals surface area (Å²) in [6.45, 7) is 5.68. The van der Waals surface area contributed by atoms with E-state index >= 15 is 0 Å². The topological polar surface area (TPSA) is 43.3 Å². The van der Waals surface area contributed by atoms with Crippen LogP contribution in [0.2, 0.25) is 5.02 Å². The number of pyridine rings is 1. The summed E-state index contributed by atoms with van der Waals surface area (Å²) in [5.41, 5.74) is 6.77. The summed E-state index contributed by atoms with van der Waals surface area (Å²) in [6, 6.07) is 0.722. The highest BCUT2D eigenvalue weighted by atomic mass is 35.5. The maximum Gasteiger partial charge on any atom is 0.417 e. The minimum Gasteiger partial charge on any atom is -0.328 e. The first-order valence-corrected chi connectivity index (χ1v) is 7.02. The van der Waals surface area contributed by atoms with Crippen molar-refractivity contribution in [3.05, 3.63) is 34.2 Å². The van der Waals surface area contributed by atoms with Gasteiger partial charge in [0.05, 0.1) is 16.3 Å². The molecule has 2 aromatic rings. The smallest absolute Gasteiger partial charge is 0.328 e. The number of aromatic nitrogens is 2. The average molecular weight is 320 g/mol. The van der Waals surface area contributed by atoms with E-state index in [9.17, 15) is 13.2 Å². The van der Waals surface area contributed by atoms with Crippen molar-refractivity contribution in [1.82, 2.24) is 9.38 Å². The van der Waals surface area contributed by atoms with Crippen LogP contribution in [0.3, 0.4) is 0 Å². The maximum absolute atomic E-state index is 12.9. The van der Waals surface area contributed by atoms with Crippen LogP contribution in [0.25, 0.3) is 5.65 Å². The molecule has 0 aromatic carbocycles. The molecule has 0 aliphatic rings. The molecule has 0 aliphatic carbocycles. The molecule has 1 unspecified atom stereocenters. The Kier molecular flexibility index (Phi) is 4.22. The van der Waals surface area contributed by atoms with Gasteiger partial charge in [-0.3, -0.25) is 0 Å². The second-order valence-corrected chi connectivity index (χ2v) is 5.96. The Morgan fingerprint density at radius 3 is 2.43 bits per heavy atom. The minimum absolute atomic E-state index is 0.0114. The number of fused-ring (bicyclic) bond motifs is 1. The SMILES string of the molecule is CC(N)Cc1c(C(C)C)nc2c(Cl)cc(C(F)(F)F)cn12. The van der Waals surface area contributed by atoms with Crippen molar-refractivity contribution < 1.29 is 13.2 Å². The Morgan fingerprint density at radius 2 is 1.95 bits per heavy atom. The lowest BCUT2D eigenvalue weighted by atomic mass is 10.0. The molecule has 7 heteroatoms. The number of rotatable bonds is 3. The van der Waals surface area contributed by atoms with Crippen LogP contribution in [-0.4, -0.2) is 15.4 Å². The van der Waals surface area contributed by atoms with E-state index < -0.39 is 11.7 Å². The molecule has 0 amide bonds. The van der Waals surface area contributed by atoms with E-state index in [0.29, 0.717) is 17.8 Å². The van der Waals surface area contributed by atoms with E-state index in [1.165, 1.54) is 4.40 Å². The fourth-order valence-corrected chi connectivity index (χ4v) is 2.54. The number of nitrogens with zero attached hydrogens (tertiary/aromatic N) is 2. The van der Waals surface area contributed by atoms with Crippen molar-refractivity contribution in [3.63, 3.8) is 0 Å². The van der Waals surface area contributed by atoms with Gasteiger partial charge in [-0.05, 0) is 18.9 Å². The predicted octanol–water partition coefficient (Wildman–Crippen LogP) is 4.02. The van der Waals surface area contributed by atoms with Gasteiger partial charge < -0.3 is 10.1 Å². The number of hydrogen-bond donors (Lipinski definition) is 1. The Hall–Kier alpha value is -1.27. The average Bonchev–Trinajstić information content (AvgIpc) is 2.67.